The first-order valence-corrected chi connectivity index (χ1v) is 7.83. The van der Waals surface area contributed by atoms with Crippen molar-refractivity contribution in [2.45, 2.75) is 31.7 Å². The van der Waals surface area contributed by atoms with Crippen LogP contribution in [0.2, 0.25) is 0 Å². The third kappa shape index (κ3) is 2.88. The van der Waals surface area contributed by atoms with Gasteiger partial charge in [-0.1, -0.05) is 46.6 Å². The molecule has 2 aromatic rings. The average Bonchev–Trinajstić information content (AvgIpc) is 2.65. The van der Waals surface area contributed by atoms with Gasteiger partial charge in [0.05, 0.1) is 11.7 Å². The van der Waals surface area contributed by atoms with Gasteiger partial charge in [0, 0.05) is 4.47 Å². The number of anilines is 1. The second-order valence-corrected chi connectivity index (χ2v) is 6.18. The van der Waals surface area contributed by atoms with Crippen LogP contribution in [0.15, 0.2) is 46.9 Å². The van der Waals surface area contributed by atoms with Crippen molar-refractivity contribution in [3.8, 4) is 0 Å². The minimum atomic E-state index is -0.207. The molecule has 20 heavy (non-hydrogen) atoms. The summed E-state index contributed by atoms with van der Waals surface area (Å²) in [6, 6.07) is 13.9. The average molecular weight is 334 g/mol. The van der Waals surface area contributed by atoms with E-state index < -0.39 is 0 Å². The first-order chi connectivity index (χ1) is 9.74. The lowest BCUT2D eigenvalue weighted by atomic mass is 9.99. The Labute approximate surface area is 127 Å². The predicted octanol–water partition coefficient (Wildman–Crippen LogP) is 5.47. The fourth-order valence-electron chi connectivity index (χ4n) is 2.87. The van der Waals surface area contributed by atoms with Crippen LogP contribution in [0.1, 0.15) is 36.4 Å². The third-order valence-corrected chi connectivity index (χ3v) is 4.37. The van der Waals surface area contributed by atoms with Crippen LogP contribution in [0.4, 0.5) is 10.1 Å². The van der Waals surface area contributed by atoms with E-state index >= 15 is 0 Å². The van der Waals surface area contributed by atoms with Crippen molar-refractivity contribution >= 4 is 21.6 Å². The first kappa shape index (κ1) is 13.6. The number of fused-ring (bicyclic) bond motifs is 1. The van der Waals surface area contributed by atoms with E-state index in [4.69, 9.17) is 0 Å². The topological polar surface area (TPSA) is 12.0 Å². The standard InChI is InChI=1S/C17H17BrFN/c18-13-9-10-17(15(19)11-13)20-16-8-4-2-6-12-5-1-3-7-14(12)16/h1,3,5,7,9-11,16,20H,2,4,6,8H2. The fraction of sp³-hybridized carbons (Fsp3) is 0.294. The molecule has 0 aromatic heterocycles. The van der Waals surface area contributed by atoms with Gasteiger partial charge in [0.2, 0.25) is 0 Å². The molecule has 0 spiro atoms. The van der Waals surface area contributed by atoms with Crippen LogP contribution < -0.4 is 5.32 Å². The summed E-state index contributed by atoms with van der Waals surface area (Å²) in [5.41, 5.74) is 3.28. The molecule has 0 amide bonds. The van der Waals surface area contributed by atoms with Crippen LogP contribution in [0.5, 0.6) is 0 Å². The van der Waals surface area contributed by atoms with Crippen molar-refractivity contribution in [1.29, 1.82) is 0 Å². The molecule has 0 saturated carbocycles. The smallest absolute Gasteiger partial charge is 0.147 e. The Morgan fingerprint density at radius 1 is 1.10 bits per heavy atom. The Bertz CT molecular complexity index is 612. The zero-order valence-corrected chi connectivity index (χ0v) is 12.8. The van der Waals surface area contributed by atoms with Crippen molar-refractivity contribution in [2.75, 3.05) is 5.32 Å². The lowest BCUT2D eigenvalue weighted by Crippen LogP contribution is -2.12. The summed E-state index contributed by atoms with van der Waals surface area (Å²) >= 11 is 3.29. The highest BCUT2D eigenvalue weighted by atomic mass is 79.9. The molecule has 1 aliphatic rings. The van der Waals surface area contributed by atoms with Crippen LogP contribution >= 0.6 is 15.9 Å². The molecule has 1 N–H and O–H groups in total. The molecule has 1 atom stereocenters. The molecule has 0 heterocycles. The minimum Gasteiger partial charge on any atom is -0.376 e. The summed E-state index contributed by atoms with van der Waals surface area (Å²) in [5.74, 6) is -0.207. The van der Waals surface area contributed by atoms with E-state index in [1.165, 1.54) is 30.0 Å². The summed E-state index contributed by atoms with van der Waals surface area (Å²) < 4.78 is 14.8. The molecule has 0 saturated heterocycles. The Balaban J connectivity index is 1.90. The van der Waals surface area contributed by atoms with Gasteiger partial charge < -0.3 is 5.32 Å². The number of rotatable bonds is 2. The molecule has 3 rings (SSSR count). The number of halogens is 2. The van der Waals surface area contributed by atoms with E-state index in [0.717, 1.165) is 17.3 Å². The first-order valence-electron chi connectivity index (χ1n) is 7.03. The molecule has 3 heteroatoms. The lowest BCUT2D eigenvalue weighted by molar-refractivity contribution is 0.611. The van der Waals surface area contributed by atoms with E-state index in [2.05, 4.69) is 45.5 Å². The molecule has 1 aliphatic carbocycles. The van der Waals surface area contributed by atoms with Crippen LogP contribution in [-0.2, 0) is 6.42 Å². The molecule has 0 radical (unpaired) electrons. The number of aryl methyl sites for hydroxylation is 1. The Morgan fingerprint density at radius 3 is 2.80 bits per heavy atom. The van der Waals surface area contributed by atoms with E-state index in [0.29, 0.717) is 5.69 Å². The zero-order chi connectivity index (χ0) is 13.9. The van der Waals surface area contributed by atoms with Crippen LogP contribution in [0.3, 0.4) is 0 Å². The van der Waals surface area contributed by atoms with Crippen molar-refractivity contribution in [3.63, 3.8) is 0 Å². The summed E-state index contributed by atoms with van der Waals surface area (Å²) in [6.07, 6.45) is 4.55. The largest absolute Gasteiger partial charge is 0.376 e. The summed E-state index contributed by atoms with van der Waals surface area (Å²) in [5, 5.41) is 3.38. The zero-order valence-electron chi connectivity index (χ0n) is 11.2. The van der Waals surface area contributed by atoms with Crippen molar-refractivity contribution in [2.24, 2.45) is 0 Å². The van der Waals surface area contributed by atoms with Crippen molar-refractivity contribution < 1.29 is 4.39 Å². The number of nitrogens with one attached hydrogen (secondary N) is 1. The van der Waals surface area contributed by atoms with E-state index in [1.54, 1.807) is 6.07 Å². The third-order valence-electron chi connectivity index (χ3n) is 3.88. The maximum Gasteiger partial charge on any atom is 0.147 e. The van der Waals surface area contributed by atoms with Gasteiger partial charge in [-0.25, -0.2) is 4.39 Å². The second kappa shape index (κ2) is 5.96. The van der Waals surface area contributed by atoms with Crippen LogP contribution in [0, 0.1) is 5.82 Å². The number of hydrogen-bond acceptors (Lipinski definition) is 1. The van der Waals surface area contributed by atoms with Gasteiger partial charge in [-0.05, 0) is 48.6 Å². The number of benzene rings is 2. The quantitative estimate of drug-likeness (QED) is 0.718. The highest BCUT2D eigenvalue weighted by Crippen LogP contribution is 2.32. The Hall–Kier alpha value is -1.35. The van der Waals surface area contributed by atoms with E-state index in [-0.39, 0.29) is 11.9 Å². The molecule has 104 valence electrons. The van der Waals surface area contributed by atoms with Gasteiger partial charge in [0.25, 0.3) is 0 Å². The Kier molecular flexibility index (Phi) is 4.06. The minimum absolute atomic E-state index is 0.198. The predicted molar refractivity (Wildman–Crippen MR) is 84.5 cm³/mol. The second-order valence-electron chi connectivity index (χ2n) is 5.27. The Morgan fingerprint density at radius 2 is 1.95 bits per heavy atom. The summed E-state index contributed by atoms with van der Waals surface area (Å²) in [4.78, 5) is 0. The molecule has 0 aliphatic heterocycles. The monoisotopic (exact) mass is 333 g/mol. The van der Waals surface area contributed by atoms with Gasteiger partial charge in [-0.3, -0.25) is 0 Å². The lowest BCUT2D eigenvalue weighted by Gasteiger charge is -2.21. The highest BCUT2D eigenvalue weighted by Gasteiger charge is 2.19. The summed E-state index contributed by atoms with van der Waals surface area (Å²) in [6.45, 7) is 0. The molecule has 2 aromatic carbocycles. The maximum atomic E-state index is 14.0. The van der Waals surface area contributed by atoms with Crippen molar-refractivity contribution in [3.05, 3.63) is 63.9 Å². The molecule has 1 unspecified atom stereocenters. The van der Waals surface area contributed by atoms with E-state index in [1.807, 2.05) is 6.07 Å². The molecular formula is C17H17BrFN. The maximum absolute atomic E-state index is 14.0. The SMILES string of the molecule is Fc1cc(Br)ccc1NC1CCCCc2ccccc21. The molecule has 0 fully saturated rings. The van der Waals surface area contributed by atoms with E-state index in [9.17, 15) is 4.39 Å². The molecular weight excluding hydrogens is 317 g/mol. The van der Waals surface area contributed by atoms with Crippen molar-refractivity contribution in [1.82, 2.24) is 0 Å². The van der Waals surface area contributed by atoms with Gasteiger partial charge in [0.15, 0.2) is 0 Å². The van der Waals surface area contributed by atoms with Crippen LogP contribution in [-0.4, -0.2) is 0 Å². The van der Waals surface area contributed by atoms with Gasteiger partial charge in [-0.15, -0.1) is 0 Å². The van der Waals surface area contributed by atoms with Gasteiger partial charge in [-0.2, -0.15) is 0 Å². The normalized spacial score (nSPS) is 18.2. The van der Waals surface area contributed by atoms with Crippen LogP contribution in [0.25, 0.3) is 0 Å². The molecule has 1 nitrogen and oxygen atoms in total. The summed E-state index contributed by atoms with van der Waals surface area (Å²) in [7, 11) is 0. The van der Waals surface area contributed by atoms with Gasteiger partial charge in [0.1, 0.15) is 5.82 Å². The number of hydrogen-bond donors (Lipinski definition) is 1. The fourth-order valence-corrected chi connectivity index (χ4v) is 3.20. The molecule has 0 bridgehead atoms. The van der Waals surface area contributed by atoms with Gasteiger partial charge >= 0.3 is 0 Å². The highest BCUT2D eigenvalue weighted by molar-refractivity contribution is 9.10.